The highest BCUT2D eigenvalue weighted by Gasteiger charge is 2.19. The van der Waals surface area contributed by atoms with Crippen LogP contribution in [0.25, 0.3) is 0 Å². The molecule has 0 bridgehead atoms. The molecule has 7 heteroatoms. The van der Waals surface area contributed by atoms with E-state index in [4.69, 9.17) is 16.3 Å². The maximum absolute atomic E-state index is 13.3. The highest BCUT2D eigenvalue weighted by Crippen LogP contribution is 2.22. The summed E-state index contributed by atoms with van der Waals surface area (Å²) in [5.74, 6) is -2.04. The number of nitrogens with one attached hydrogen (secondary N) is 1. The van der Waals surface area contributed by atoms with Crippen LogP contribution >= 0.6 is 11.6 Å². The SMILES string of the molecule is COc1ccc([C@@H](CNC(=O)c2cc(F)c(F)cc2Cl)N(C)C)cc1. The van der Waals surface area contributed by atoms with Crippen LogP contribution in [0.5, 0.6) is 5.75 Å². The molecule has 2 rings (SSSR count). The van der Waals surface area contributed by atoms with Crippen LogP contribution in [0.1, 0.15) is 22.0 Å². The van der Waals surface area contributed by atoms with Crippen LogP contribution in [0, 0.1) is 11.6 Å². The molecule has 0 aliphatic heterocycles. The molecule has 0 heterocycles. The van der Waals surface area contributed by atoms with Crippen molar-refractivity contribution in [1.82, 2.24) is 10.2 Å². The first-order valence-corrected chi connectivity index (χ1v) is 7.94. The van der Waals surface area contributed by atoms with Crippen LogP contribution in [0.15, 0.2) is 36.4 Å². The van der Waals surface area contributed by atoms with Crippen molar-refractivity contribution in [2.45, 2.75) is 6.04 Å². The molecule has 2 aromatic rings. The number of ether oxygens (including phenoxy) is 1. The summed E-state index contributed by atoms with van der Waals surface area (Å²) in [6.45, 7) is 0.271. The number of likely N-dealkylation sites (N-methyl/N-ethyl adjacent to an activating group) is 1. The number of methoxy groups -OCH3 is 1. The van der Waals surface area contributed by atoms with Gasteiger partial charge in [0.05, 0.1) is 23.7 Å². The minimum absolute atomic E-state index is 0.104. The van der Waals surface area contributed by atoms with Crippen LogP contribution in [0.3, 0.4) is 0 Å². The lowest BCUT2D eigenvalue weighted by Crippen LogP contribution is -2.34. The number of halogens is 3. The van der Waals surface area contributed by atoms with E-state index in [1.165, 1.54) is 0 Å². The number of hydrogen-bond acceptors (Lipinski definition) is 3. The molecule has 1 amide bonds. The van der Waals surface area contributed by atoms with Gasteiger partial charge >= 0.3 is 0 Å². The van der Waals surface area contributed by atoms with Gasteiger partial charge in [0.15, 0.2) is 11.6 Å². The normalized spacial score (nSPS) is 12.1. The van der Waals surface area contributed by atoms with Crippen molar-refractivity contribution in [3.8, 4) is 5.75 Å². The Morgan fingerprint density at radius 2 is 1.80 bits per heavy atom. The van der Waals surface area contributed by atoms with Crippen molar-refractivity contribution < 1.29 is 18.3 Å². The largest absolute Gasteiger partial charge is 0.497 e. The number of hydrogen-bond donors (Lipinski definition) is 1. The van der Waals surface area contributed by atoms with Crippen molar-refractivity contribution in [2.24, 2.45) is 0 Å². The Morgan fingerprint density at radius 1 is 1.20 bits per heavy atom. The molecular formula is C18H19ClF2N2O2. The minimum Gasteiger partial charge on any atom is -0.497 e. The van der Waals surface area contributed by atoms with Gasteiger partial charge in [-0.25, -0.2) is 8.78 Å². The molecule has 0 spiro atoms. The monoisotopic (exact) mass is 368 g/mol. The fraction of sp³-hybridized carbons (Fsp3) is 0.278. The first-order chi connectivity index (χ1) is 11.8. The van der Waals surface area contributed by atoms with Gasteiger partial charge in [-0.15, -0.1) is 0 Å². The molecule has 134 valence electrons. The average molecular weight is 369 g/mol. The second-order valence-electron chi connectivity index (χ2n) is 5.71. The molecule has 0 radical (unpaired) electrons. The number of rotatable bonds is 6. The highest BCUT2D eigenvalue weighted by atomic mass is 35.5. The first-order valence-electron chi connectivity index (χ1n) is 7.56. The number of benzene rings is 2. The summed E-state index contributed by atoms with van der Waals surface area (Å²) in [4.78, 5) is 14.2. The molecule has 25 heavy (non-hydrogen) atoms. The standard InChI is InChI=1S/C18H19ClF2N2O2/c1-23(2)17(11-4-6-12(25-3)7-5-11)10-22-18(24)13-8-15(20)16(21)9-14(13)19/h4-9,17H,10H2,1-3H3,(H,22,24)/t17-/m1/s1. The Bertz CT molecular complexity index is 751. The summed E-state index contributed by atoms with van der Waals surface area (Å²) < 4.78 is 31.6. The lowest BCUT2D eigenvalue weighted by atomic mass is 10.1. The Morgan fingerprint density at radius 3 is 2.36 bits per heavy atom. The second-order valence-corrected chi connectivity index (χ2v) is 6.12. The van der Waals surface area contributed by atoms with E-state index in [0.29, 0.717) is 0 Å². The third-order valence-electron chi connectivity index (χ3n) is 3.83. The molecule has 0 aliphatic rings. The smallest absolute Gasteiger partial charge is 0.252 e. The first kappa shape index (κ1) is 19.1. The molecule has 1 N–H and O–H groups in total. The predicted molar refractivity (Wildman–Crippen MR) is 93.1 cm³/mol. The molecule has 1 atom stereocenters. The maximum atomic E-state index is 13.3. The summed E-state index contributed by atoms with van der Waals surface area (Å²) in [7, 11) is 5.35. The molecule has 2 aromatic carbocycles. The zero-order valence-electron chi connectivity index (χ0n) is 14.1. The molecule has 0 saturated carbocycles. The summed E-state index contributed by atoms with van der Waals surface area (Å²) >= 11 is 5.83. The Hall–Kier alpha value is -2.18. The number of carbonyl (C=O) groups is 1. The van der Waals surface area contributed by atoms with E-state index < -0.39 is 17.5 Å². The van der Waals surface area contributed by atoms with E-state index in [2.05, 4.69) is 5.32 Å². The van der Waals surface area contributed by atoms with Gasteiger partial charge < -0.3 is 15.0 Å². The molecule has 0 aromatic heterocycles. The summed E-state index contributed by atoms with van der Waals surface area (Å²) in [6, 6.07) is 8.95. The highest BCUT2D eigenvalue weighted by molar-refractivity contribution is 6.33. The molecule has 0 fully saturated rings. The van der Waals surface area contributed by atoms with Gasteiger partial charge in [0.2, 0.25) is 0 Å². The Kier molecular flexibility index (Phi) is 6.33. The van der Waals surface area contributed by atoms with Crippen molar-refractivity contribution >= 4 is 17.5 Å². The van der Waals surface area contributed by atoms with Gasteiger partial charge in [-0.2, -0.15) is 0 Å². The van der Waals surface area contributed by atoms with Crippen LogP contribution in [-0.4, -0.2) is 38.6 Å². The van der Waals surface area contributed by atoms with Crippen LogP contribution in [0.2, 0.25) is 5.02 Å². The quantitative estimate of drug-likeness (QED) is 0.791. The average Bonchev–Trinajstić information content (AvgIpc) is 2.58. The number of amides is 1. The van der Waals surface area contributed by atoms with E-state index in [0.717, 1.165) is 23.4 Å². The van der Waals surface area contributed by atoms with Crippen molar-refractivity contribution in [3.05, 3.63) is 64.2 Å². The van der Waals surface area contributed by atoms with Crippen molar-refractivity contribution in [3.63, 3.8) is 0 Å². The van der Waals surface area contributed by atoms with Gasteiger partial charge in [-0.05, 0) is 43.9 Å². The Balaban J connectivity index is 2.13. The van der Waals surface area contributed by atoms with Gasteiger partial charge in [-0.3, -0.25) is 4.79 Å². The Labute approximate surface area is 150 Å². The number of carbonyl (C=O) groups excluding carboxylic acids is 1. The zero-order chi connectivity index (χ0) is 18.6. The van der Waals surface area contributed by atoms with E-state index in [1.54, 1.807) is 7.11 Å². The van der Waals surface area contributed by atoms with Crippen molar-refractivity contribution in [1.29, 1.82) is 0 Å². The zero-order valence-corrected chi connectivity index (χ0v) is 14.9. The van der Waals surface area contributed by atoms with E-state index in [-0.39, 0.29) is 23.2 Å². The van der Waals surface area contributed by atoms with E-state index in [1.807, 2.05) is 43.3 Å². The molecule has 0 saturated heterocycles. The predicted octanol–water partition coefficient (Wildman–Crippen LogP) is 3.66. The van der Waals surface area contributed by atoms with Crippen LogP contribution < -0.4 is 10.1 Å². The minimum atomic E-state index is -1.12. The van der Waals surface area contributed by atoms with Crippen LogP contribution in [-0.2, 0) is 0 Å². The summed E-state index contributed by atoms with van der Waals surface area (Å²) in [5, 5.41) is 2.57. The molecule has 0 unspecified atom stereocenters. The third kappa shape index (κ3) is 4.67. The van der Waals surface area contributed by atoms with E-state index >= 15 is 0 Å². The lowest BCUT2D eigenvalue weighted by Gasteiger charge is -2.25. The summed E-state index contributed by atoms with van der Waals surface area (Å²) in [5.41, 5.74) is 0.871. The topological polar surface area (TPSA) is 41.6 Å². The van der Waals surface area contributed by atoms with E-state index in [9.17, 15) is 13.6 Å². The van der Waals surface area contributed by atoms with Gasteiger partial charge in [-0.1, -0.05) is 23.7 Å². The maximum Gasteiger partial charge on any atom is 0.252 e. The van der Waals surface area contributed by atoms with Gasteiger partial charge in [0.1, 0.15) is 5.75 Å². The second kappa shape index (κ2) is 8.27. The fourth-order valence-corrected chi connectivity index (χ4v) is 2.64. The third-order valence-corrected chi connectivity index (χ3v) is 4.15. The lowest BCUT2D eigenvalue weighted by molar-refractivity contribution is 0.0941. The number of nitrogens with zero attached hydrogens (tertiary/aromatic N) is 1. The molecule has 4 nitrogen and oxygen atoms in total. The van der Waals surface area contributed by atoms with Gasteiger partial charge in [0.25, 0.3) is 5.91 Å². The van der Waals surface area contributed by atoms with Crippen LogP contribution in [0.4, 0.5) is 8.78 Å². The fourth-order valence-electron chi connectivity index (χ4n) is 2.41. The van der Waals surface area contributed by atoms with Gasteiger partial charge in [0, 0.05) is 6.54 Å². The molecular weight excluding hydrogens is 350 g/mol. The van der Waals surface area contributed by atoms with Crippen molar-refractivity contribution in [2.75, 3.05) is 27.7 Å². The molecule has 0 aliphatic carbocycles. The summed E-state index contributed by atoms with van der Waals surface area (Å²) in [6.07, 6.45) is 0.